The molecule has 0 aliphatic carbocycles. The van der Waals surface area contributed by atoms with E-state index in [1.165, 1.54) is 13.2 Å². The van der Waals surface area contributed by atoms with E-state index in [4.69, 9.17) is 9.84 Å². The number of halogens is 1. The average Bonchev–Trinajstić information content (AvgIpc) is 2.52. The van der Waals surface area contributed by atoms with Crippen molar-refractivity contribution in [1.82, 2.24) is 4.90 Å². The van der Waals surface area contributed by atoms with E-state index in [1.807, 2.05) is 4.90 Å². The van der Waals surface area contributed by atoms with E-state index in [0.717, 1.165) is 18.4 Å². The van der Waals surface area contributed by atoms with Gasteiger partial charge < -0.3 is 14.7 Å². The fraction of sp³-hybridized carbons (Fsp3) is 0.562. The van der Waals surface area contributed by atoms with Crippen LogP contribution in [0.25, 0.3) is 0 Å². The fourth-order valence-corrected chi connectivity index (χ4v) is 2.64. The summed E-state index contributed by atoms with van der Waals surface area (Å²) in [5.41, 5.74) is 0.798. The van der Waals surface area contributed by atoms with Crippen molar-refractivity contribution in [2.24, 2.45) is 5.92 Å². The molecule has 21 heavy (non-hydrogen) atoms. The van der Waals surface area contributed by atoms with Crippen LogP contribution in [0.1, 0.15) is 24.8 Å². The summed E-state index contributed by atoms with van der Waals surface area (Å²) in [4.78, 5) is 14.0. The Labute approximate surface area is 124 Å². The number of aryl methyl sites for hydroxylation is 1. The zero-order valence-electron chi connectivity index (χ0n) is 12.3. The number of carbonyl (C=O) groups is 1. The molecule has 0 spiro atoms. The molecule has 1 saturated heterocycles. The van der Waals surface area contributed by atoms with Gasteiger partial charge in [0.25, 0.3) is 0 Å². The molecule has 1 aromatic rings. The molecule has 0 atom stereocenters. The summed E-state index contributed by atoms with van der Waals surface area (Å²) in [7, 11) is 1.43. The Bertz CT molecular complexity index is 484. The first-order chi connectivity index (χ1) is 10.1. The molecule has 1 aliphatic rings. The van der Waals surface area contributed by atoms with Gasteiger partial charge in [-0.25, -0.2) is 4.39 Å². The van der Waals surface area contributed by atoms with Gasteiger partial charge in [-0.3, -0.25) is 4.79 Å². The summed E-state index contributed by atoms with van der Waals surface area (Å²) in [6, 6.07) is 4.79. The van der Waals surface area contributed by atoms with Crippen LogP contribution in [0, 0.1) is 11.7 Å². The number of methoxy groups -OCH3 is 1. The highest BCUT2D eigenvalue weighted by molar-refractivity contribution is 5.76. The van der Waals surface area contributed by atoms with Crippen LogP contribution in [0.15, 0.2) is 18.2 Å². The summed E-state index contributed by atoms with van der Waals surface area (Å²) in [5, 5.41) is 9.09. The van der Waals surface area contributed by atoms with Gasteiger partial charge in [0.15, 0.2) is 11.6 Å². The van der Waals surface area contributed by atoms with Crippen molar-refractivity contribution in [2.45, 2.75) is 25.7 Å². The molecule has 0 aromatic heterocycles. The highest BCUT2D eigenvalue weighted by atomic mass is 19.1. The minimum Gasteiger partial charge on any atom is -0.494 e. The van der Waals surface area contributed by atoms with Gasteiger partial charge in [-0.1, -0.05) is 6.07 Å². The summed E-state index contributed by atoms with van der Waals surface area (Å²) >= 11 is 0. The second-order valence-electron chi connectivity index (χ2n) is 5.48. The lowest BCUT2D eigenvalue weighted by Crippen LogP contribution is -2.39. The second kappa shape index (κ2) is 7.41. The molecular formula is C16H22FNO3. The Morgan fingerprint density at radius 1 is 1.43 bits per heavy atom. The standard InChI is InChI=1S/C16H22FNO3/c1-21-15-4-2-12(10-14(15)17)3-5-16(20)18-8-6-13(11-19)7-9-18/h2,4,10,13,19H,3,5-9,11H2,1H3. The van der Waals surface area contributed by atoms with Crippen LogP contribution in [0.3, 0.4) is 0 Å². The minimum absolute atomic E-state index is 0.0996. The number of aliphatic hydroxyl groups is 1. The van der Waals surface area contributed by atoms with Crippen molar-refractivity contribution in [2.75, 3.05) is 26.8 Å². The predicted molar refractivity (Wildman–Crippen MR) is 77.7 cm³/mol. The minimum atomic E-state index is -0.397. The Morgan fingerprint density at radius 3 is 2.71 bits per heavy atom. The molecule has 5 heteroatoms. The van der Waals surface area contributed by atoms with Crippen LogP contribution in [0.4, 0.5) is 4.39 Å². The maximum absolute atomic E-state index is 13.6. The Balaban J connectivity index is 1.83. The van der Waals surface area contributed by atoms with Crippen molar-refractivity contribution >= 4 is 5.91 Å². The molecular weight excluding hydrogens is 273 g/mol. The van der Waals surface area contributed by atoms with Crippen molar-refractivity contribution < 1.29 is 19.0 Å². The van der Waals surface area contributed by atoms with Crippen LogP contribution in [0.2, 0.25) is 0 Å². The van der Waals surface area contributed by atoms with E-state index in [0.29, 0.717) is 31.8 Å². The third kappa shape index (κ3) is 4.17. The van der Waals surface area contributed by atoms with E-state index in [9.17, 15) is 9.18 Å². The van der Waals surface area contributed by atoms with Gasteiger partial charge in [0.1, 0.15) is 0 Å². The smallest absolute Gasteiger partial charge is 0.222 e. The lowest BCUT2D eigenvalue weighted by Gasteiger charge is -2.31. The molecule has 116 valence electrons. The van der Waals surface area contributed by atoms with Gasteiger partial charge in [0.2, 0.25) is 5.91 Å². The van der Waals surface area contributed by atoms with Gasteiger partial charge in [-0.2, -0.15) is 0 Å². The maximum atomic E-state index is 13.6. The highest BCUT2D eigenvalue weighted by Crippen LogP contribution is 2.20. The summed E-state index contributed by atoms with van der Waals surface area (Å²) in [6.07, 6.45) is 2.63. The molecule has 0 saturated carbocycles. The van der Waals surface area contributed by atoms with E-state index < -0.39 is 5.82 Å². The first-order valence-corrected chi connectivity index (χ1v) is 7.35. The van der Waals surface area contributed by atoms with Gasteiger partial charge >= 0.3 is 0 Å². The third-order valence-corrected chi connectivity index (χ3v) is 4.07. The van der Waals surface area contributed by atoms with Crippen LogP contribution < -0.4 is 4.74 Å². The fourth-order valence-electron chi connectivity index (χ4n) is 2.64. The number of hydrogen-bond acceptors (Lipinski definition) is 3. The molecule has 0 bridgehead atoms. The van der Waals surface area contributed by atoms with E-state index in [-0.39, 0.29) is 18.3 Å². The SMILES string of the molecule is COc1ccc(CCC(=O)N2CCC(CO)CC2)cc1F. The number of benzene rings is 1. The summed E-state index contributed by atoms with van der Waals surface area (Å²) in [5.74, 6) is 0.245. The van der Waals surface area contributed by atoms with Crippen LogP contribution in [-0.2, 0) is 11.2 Å². The van der Waals surface area contributed by atoms with Gasteiger partial charge in [-0.05, 0) is 42.9 Å². The molecule has 0 unspecified atom stereocenters. The molecule has 2 rings (SSSR count). The van der Waals surface area contributed by atoms with Crippen LogP contribution >= 0.6 is 0 Å². The number of carbonyl (C=O) groups excluding carboxylic acids is 1. The van der Waals surface area contributed by atoms with Crippen LogP contribution in [0.5, 0.6) is 5.75 Å². The Hall–Kier alpha value is -1.62. The lowest BCUT2D eigenvalue weighted by molar-refractivity contribution is -0.132. The molecule has 1 aromatic carbocycles. The number of nitrogens with zero attached hydrogens (tertiary/aromatic N) is 1. The van der Waals surface area contributed by atoms with E-state index in [1.54, 1.807) is 12.1 Å². The normalized spacial score (nSPS) is 16.0. The van der Waals surface area contributed by atoms with E-state index >= 15 is 0 Å². The second-order valence-corrected chi connectivity index (χ2v) is 5.48. The van der Waals surface area contributed by atoms with Crippen molar-refractivity contribution in [1.29, 1.82) is 0 Å². The highest BCUT2D eigenvalue weighted by Gasteiger charge is 2.21. The van der Waals surface area contributed by atoms with Crippen molar-refractivity contribution in [3.8, 4) is 5.75 Å². The number of rotatable bonds is 5. The van der Waals surface area contributed by atoms with Crippen molar-refractivity contribution in [3.63, 3.8) is 0 Å². The lowest BCUT2D eigenvalue weighted by atomic mass is 9.97. The molecule has 0 radical (unpaired) electrons. The van der Waals surface area contributed by atoms with Gasteiger partial charge in [0, 0.05) is 26.1 Å². The Morgan fingerprint density at radius 2 is 2.14 bits per heavy atom. The van der Waals surface area contributed by atoms with E-state index in [2.05, 4.69) is 0 Å². The van der Waals surface area contributed by atoms with Crippen molar-refractivity contribution in [3.05, 3.63) is 29.6 Å². The number of amides is 1. The number of aliphatic hydroxyl groups excluding tert-OH is 1. The first kappa shape index (κ1) is 15.8. The maximum Gasteiger partial charge on any atom is 0.222 e. The molecule has 1 fully saturated rings. The molecule has 1 aliphatic heterocycles. The summed E-state index contributed by atoms with van der Waals surface area (Å²) in [6.45, 7) is 1.62. The topological polar surface area (TPSA) is 49.8 Å². The Kier molecular flexibility index (Phi) is 5.56. The average molecular weight is 295 g/mol. The monoisotopic (exact) mass is 295 g/mol. The molecule has 1 N–H and O–H groups in total. The van der Waals surface area contributed by atoms with Gasteiger partial charge in [0.05, 0.1) is 7.11 Å². The summed E-state index contributed by atoms with van der Waals surface area (Å²) < 4.78 is 18.4. The van der Waals surface area contributed by atoms with Crippen LogP contribution in [-0.4, -0.2) is 42.7 Å². The molecule has 4 nitrogen and oxygen atoms in total. The number of piperidine rings is 1. The predicted octanol–water partition coefficient (Wildman–Crippen LogP) is 2.00. The molecule has 1 heterocycles. The zero-order valence-corrected chi connectivity index (χ0v) is 12.3. The quantitative estimate of drug-likeness (QED) is 0.904. The first-order valence-electron chi connectivity index (χ1n) is 7.35. The number of likely N-dealkylation sites (tertiary alicyclic amines) is 1. The van der Waals surface area contributed by atoms with Gasteiger partial charge in [-0.15, -0.1) is 0 Å². The number of hydrogen-bond donors (Lipinski definition) is 1. The molecule has 1 amide bonds. The largest absolute Gasteiger partial charge is 0.494 e. The number of ether oxygens (including phenoxy) is 1. The zero-order chi connectivity index (χ0) is 15.2. The third-order valence-electron chi connectivity index (χ3n) is 4.07.